The molecule has 13 heteroatoms. The number of aliphatic hydroxyl groups is 3. The van der Waals surface area contributed by atoms with Gasteiger partial charge in [-0.25, -0.2) is 4.79 Å². The third-order valence-electron chi connectivity index (χ3n) is 14.2. The Labute approximate surface area is 375 Å². The van der Waals surface area contributed by atoms with Gasteiger partial charge < -0.3 is 39.2 Å². The van der Waals surface area contributed by atoms with Crippen LogP contribution < -0.4 is 0 Å². The summed E-state index contributed by atoms with van der Waals surface area (Å²) in [6.45, 7) is 12.9. The third-order valence-corrected chi connectivity index (χ3v) is 14.2. The number of methoxy groups -OCH3 is 2. The maximum Gasteiger partial charge on any atom is 0.329 e. The van der Waals surface area contributed by atoms with E-state index in [1.165, 1.54) is 4.90 Å². The summed E-state index contributed by atoms with van der Waals surface area (Å²) < 4.78 is 23.8. The van der Waals surface area contributed by atoms with Crippen LogP contribution in [0.15, 0.2) is 47.6 Å². The quantitative estimate of drug-likeness (QED) is 0.154. The lowest BCUT2D eigenvalue weighted by Gasteiger charge is -2.42. The van der Waals surface area contributed by atoms with Gasteiger partial charge in [-0.3, -0.25) is 19.2 Å². The van der Waals surface area contributed by atoms with E-state index in [-0.39, 0.29) is 67.1 Å². The average molecular weight is 884 g/mol. The van der Waals surface area contributed by atoms with Gasteiger partial charge in [-0.2, -0.15) is 0 Å². The molecule has 0 radical (unpaired) electrons. The zero-order chi connectivity index (χ0) is 46.6. The van der Waals surface area contributed by atoms with Gasteiger partial charge in [-0.05, 0) is 107 Å². The van der Waals surface area contributed by atoms with E-state index in [0.717, 1.165) is 12.0 Å². The predicted octanol–water partition coefficient (Wildman–Crippen LogP) is 6.56. The average Bonchev–Trinajstić information content (AvgIpc) is 3.25. The summed E-state index contributed by atoms with van der Waals surface area (Å²) in [5.74, 6) is -7.36. The molecule has 3 aliphatic heterocycles. The number of ketones is 3. The van der Waals surface area contributed by atoms with Crippen LogP contribution in [0.4, 0.5) is 0 Å². The van der Waals surface area contributed by atoms with Gasteiger partial charge in [0.25, 0.3) is 11.7 Å². The Hall–Kier alpha value is -3.33. The Morgan fingerprint density at radius 1 is 0.841 bits per heavy atom. The van der Waals surface area contributed by atoms with E-state index < -0.39 is 71.8 Å². The fraction of sp³-hybridized carbons (Fsp3) is 0.740. The number of hydrogen-bond acceptors (Lipinski definition) is 12. The molecular formula is C50H77NO12. The lowest BCUT2D eigenvalue weighted by Crippen LogP contribution is -2.61. The predicted molar refractivity (Wildman–Crippen MR) is 239 cm³/mol. The Morgan fingerprint density at radius 3 is 2.27 bits per heavy atom. The van der Waals surface area contributed by atoms with Gasteiger partial charge in [0.2, 0.25) is 5.79 Å². The lowest BCUT2D eigenvalue weighted by molar-refractivity contribution is -0.265. The van der Waals surface area contributed by atoms with E-state index in [1.54, 1.807) is 41.1 Å². The van der Waals surface area contributed by atoms with Crippen molar-refractivity contribution in [1.82, 2.24) is 4.90 Å². The van der Waals surface area contributed by atoms with E-state index in [1.807, 2.05) is 58.1 Å². The largest absolute Gasteiger partial charge is 0.460 e. The molecule has 4 aliphatic rings. The van der Waals surface area contributed by atoms with Crippen LogP contribution in [0.3, 0.4) is 0 Å². The Balaban J connectivity index is 1.67. The lowest BCUT2D eigenvalue weighted by atomic mass is 9.78. The molecule has 14 atom stereocenters. The van der Waals surface area contributed by atoms with Gasteiger partial charge in [0.05, 0.1) is 30.5 Å². The molecule has 0 aromatic rings. The highest BCUT2D eigenvalue weighted by molar-refractivity contribution is 6.39. The number of fused-ring (bicyclic) bond motifs is 3. The van der Waals surface area contributed by atoms with Crippen LogP contribution in [-0.2, 0) is 42.9 Å². The molecule has 3 N–H and O–H groups in total. The SMILES string of the molecule is CO[C@H]1C[C@@H]2CC[C@@H](C)[C@@](O)(O2)C(=O)C(=O)N2CCCC[C@H]2C(=O)O[C@H]([C@H](C)C[C@@H]2CC[C@@H](O)[C@H](OC)C2)CC(=O)[C@H](C)/C=C(\C)[C@@H](O)CC(=O)[C@H](C)C[C@H](C)/C=C/C=C/C=C/1C. The molecule has 2 saturated heterocycles. The van der Waals surface area contributed by atoms with E-state index in [2.05, 4.69) is 0 Å². The second-order valence-corrected chi connectivity index (χ2v) is 19.3. The third kappa shape index (κ3) is 14.3. The van der Waals surface area contributed by atoms with Crippen LogP contribution in [0, 0.1) is 35.5 Å². The summed E-state index contributed by atoms with van der Waals surface area (Å²) in [7, 11) is 3.15. The van der Waals surface area contributed by atoms with E-state index >= 15 is 0 Å². The van der Waals surface area contributed by atoms with Gasteiger partial charge in [0.15, 0.2) is 0 Å². The molecule has 2 bridgehead atoms. The fourth-order valence-electron chi connectivity index (χ4n) is 9.78. The van der Waals surface area contributed by atoms with Gasteiger partial charge in [0, 0.05) is 57.8 Å². The number of Topliss-reactive ketones (excluding diaryl/α,β-unsaturated/α-hetero) is 3. The highest BCUT2D eigenvalue weighted by atomic mass is 16.6. The number of esters is 1. The molecular weight excluding hydrogens is 807 g/mol. The highest BCUT2D eigenvalue weighted by Crippen LogP contribution is 2.37. The summed E-state index contributed by atoms with van der Waals surface area (Å²) in [5, 5.41) is 33.5. The molecule has 0 unspecified atom stereocenters. The van der Waals surface area contributed by atoms with Crippen LogP contribution in [0.2, 0.25) is 0 Å². The van der Waals surface area contributed by atoms with Crippen LogP contribution in [0.1, 0.15) is 132 Å². The number of hydrogen-bond donors (Lipinski definition) is 3. The van der Waals surface area contributed by atoms with Crippen molar-refractivity contribution in [2.45, 2.75) is 180 Å². The normalized spacial score (nSPS) is 40.1. The summed E-state index contributed by atoms with van der Waals surface area (Å²) in [6.07, 6.45) is 13.0. The first-order chi connectivity index (χ1) is 29.8. The second-order valence-electron chi connectivity index (χ2n) is 19.3. The number of ether oxygens (including phenoxy) is 4. The van der Waals surface area contributed by atoms with Crippen molar-refractivity contribution < 1.29 is 58.2 Å². The fourth-order valence-corrected chi connectivity index (χ4v) is 9.78. The number of carbonyl (C=O) groups is 5. The molecule has 63 heavy (non-hydrogen) atoms. The van der Waals surface area contributed by atoms with Crippen LogP contribution >= 0.6 is 0 Å². The molecule has 13 nitrogen and oxygen atoms in total. The number of cyclic esters (lactones) is 1. The summed E-state index contributed by atoms with van der Waals surface area (Å²) >= 11 is 0. The Morgan fingerprint density at radius 2 is 1.57 bits per heavy atom. The van der Waals surface area contributed by atoms with Crippen molar-refractivity contribution in [2.75, 3.05) is 20.8 Å². The first-order valence-electron chi connectivity index (χ1n) is 23.4. The Bertz CT molecular complexity index is 1700. The molecule has 0 aromatic heterocycles. The summed E-state index contributed by atoms with van der Waals surface area (Å²) in [6, 6.07) is -1.12. The van der Waals surface area contributed by atoms with Crippen molar-refractivity contribution >= 4 is 29.2 Å². The van der Waals surface area contributed by atoms with Gasteiger partial charge in [-0.1, -0.05) is 71.1 Å². The molecule has 4 rings (SSSR count). The second kappa shape index (κ2) is 24.3. The van der Waals surface area contributed by atoms with Crippen molar-refractivity contribution in [3.63, 3.8) is 0 Å². The standard InChI is InChI=1S/C50H77NO12/c1-30-15-11-10-12-16-31(2)44(60-8)27-38-20-18-36(7)50(59,63-38)47(56)48(57)51-22-14-13-17-39(51)49(58)62-45(35(6)25-37-19-21-40(52)46(26-37)61-9)29-43(55)34(5)24-33(4)42(54)28-41(53)32(3)23-30/h10-12,15-16,24,30,32,34-40,42,44-46,52,54,59H,13-14,17-23,25-29H2,1-9H3/b12-10+,15-11+,31-16+,33-24+/t30-,32-,34-,35-,36-,37+,38+,39+,40-,42+,44+,45+,46-,50-/m1/s1. The van der Waals surface area contributed by atoms with Crippen LogP contribution in [0.25, 0.3) is 0 Å². The monoisotopic (exact) mass is 884 g/mol. The van der Waals surface area contributed by atoms with Gasteiger partial charge >= 0.3 is 5.97 Å². The number of allylic oxidation sites excluding steroid dienone is 6. The molecule has 0 aromatic carbocycles. The number of aliphatic hydroxyl groups excluding tert-OH is 2. The smallest absolute Gasteiger partial charge is 0.329 e. The van der Waals surface area contributed by atoms with Gasteiger partial charge in [0.1, 0.15) is 23.7 Å². The number of rotatable bonds is 5. The van der Waals surface area contributed by atoms with E-state index in [0.29, 0.717) is 63.4 Å². The zero-order valence-electron chi connectivity index (χ0n) is 39.3. The minimum atomic E-state index is -2.42. The minimum absolute atomic E-state index is 0.0725. The summed E-state index contributed by atoms with van der Waals surface area (Å²) in [5.41, 5.74) is 1.39. The molecule has 3 heterocycles. The van der Waals surface area contributed by atoms with E-state index in [4.69, 9.17) is 18.9 Å². The molecule has 0 spiro atoms. The molecule has 1 aliphatic carbocycles. The minimum Gasteiger partial charge on any atom is -0.460 e. The van der Waals surface area contributed by atoms with Gasteiger partial charge in [-0.15, -0.1) is 0 Å². The summed E-state index contributed by atoms with van der Waals surface area (Å²) in [4.78, 5) is 71.1. The first-order valence-corrected chi connectivity index (χ1v) is 23.4. The molecule has 354 valence electrons. The topological polar surface area (TPSA) is 186 Å². The number of piperidine rings is 1. The van der Waals surface area contributed by atoms with E-state index in [9.17, 15) is 39.3 Å². The van der Waals surface area contributed by atoms with Crippen molar-refractivity contribution in [2.24, 2.45) is 35.5 Å². The van der Waals surface area contributed by atoms with Crippen molar-refractivity contribution in [1.29, 1.82) is 0 Å². The van der Waals surface area contributed by atoms with Crippen LogP contribution in [0.5, 0.6) is 0 Å². The molecule has 1 saturated carbocycles. The van der Waals surface area contributed by atoms with Crippen molar-refractivity contribution in [3.05, 3.63) is 47.6 Å². The number of amides is 1. The highest BCUT2D eigenvalue weighted by Gasteiger charge is 2.53. The van der Waals surface area contributed by atoms with Crippen LogP contribution in [-0.4, -0.2) is 119 Å². The zero-order valence-corrected chi connectivity index (χ0v) is 39.3. The number of nitrogens with zero attached hydrogens (tertiary/aromatic N) is 1. The molecule has 1 amide bonds. The maximum atomic E-state index is 14.3. The first kappa shape index (κ1) is 52.3. The Kier molecular flexibility index (Phi) is 20.1. The maximum absolute atomic E-state index is 14.3. The molecule has 3 fully saturated rings. The number of carbonyl (C=O) groups excluding carboxylic acids is 5. The van der Waals surface area contributed by atoms with Crippen molar-refractivity contribution in [3.8, 4) is 0 Å².